The molecule has 4 aromatic rings. The fourth-order valence-corrected chi connectivity index (χ4v) is 4.94. The van der Waals surface area contributed by atoms with Gasteiger partial charge in [-0.15, -0.1) is 0 Å². The van der Waals surface area contributed by atoms with E-state index in [1.165, 1.54) is 30.3 Å². The summed E-state index contributed by atoms with van der Waals surface area (Å²) in [5, 5.41) is 3.12. The molecule has 1 heterocycles. The molecule has 0 saturated heterocycles. The quantitative estimate of drug-likeness (QED) is 0.271. The van der Waals surface area contributed by atoms with Crippen LogP contribution in [0.4, 0.5) is 15.9 Å². The van der Waals surface area contributed by atoms with Gasteiger partial charge in [-0.1, -0.05) is 59.6 Å². The van der Waals surface area contributed by atoms with E-state index in [0.717, 1.165) is 27.7 Å². The molecule has 35 heavy (non-hydrogen) atoms. The molecule has 0 saturated carbocycles. The summed E-state index contributed by atoms with van der Waals surface area (Å²) in [6, 6.07) is 17.6. The molecule has 180 valence electrons. The van der Waals surface area contributed by atoms with Crippen molar-refractivity contribution in [1.29, 1.82) is 0 Å². The number of halogens is 3. The van der Waals surface area contributed by atoms with Crippen molar-refractivity contribution in [3.63, 3.8) is 0 Å². The van der Waals surface area contributed by atoms with Gasteiger partial charge in [-0.25, -0.2) is 12.9 Å². The van der Waals surface area contributed by atoms with Crippen LogP contribution < -0.4 is 9.62 Å². The third-order valence-electron chi connectivity index (χ3n) is 4.98. The molecule has 0 spiro atoms. The van der Waals surface area contributed by atoms with Crippen molar-refractivity contribution in [2.75, 3.05) is 4.31 Å². The van der Waals surface area contributed by atoms with Gasteiger partial charge in [-0.3, -0.25) is 9.35 Å². The number of aromatic nitrogens is 2. The van der Waals surface area contributed by atoms with Gasteiger partial charge in [0.15, 0.2) is 5.82 Å². The molecule has 1 unspecified atom stereocenters. The largest absolute Gasteiger partial charge is 0.348 e. The molecule has 1 atom stereocenters. The average Bonchev–Trinajstić information content (AvgIpc) is 3.26. The Balaban J connectivity index is 1.67. The summed E-state index contributed by atoms with van der Waals surface area (Å²) in [5.74, 6) is -0.910. The Morgan fingerprint density at radius 2 is 1.86 bits per heavy atom. The normalized spacial score (nSPS) is 11.8. The highest BCUT2D eigenvalue weighted by Gasteiger charge is 2.27. The van der Waals surface area contributed by atoms with Gasteiger partial charge in [-0.05, 0) is 41.5 Å². The number of hydrogen-bond donors (Lipinski definition) is 2. The van der Waals surface area contributed by atoms with Crippen molar-refractivity contribution in [3.8, 4) is 0 Å². The molecule has 1 amide bonds. The Hall–Kier alpha value is -2.89. The maximum Gasteiger partial charge on any atom is 0.268 e. The topological polar surface area (TPSA) is 95.4 Å². The van der Waals surface area contributed by atoms with Crippen LogP contribution in [0.2, 0.25) is 10.0 Å². The maximum atomic E-state index is 13.3. The van der Waals surface area contributed by atoms with Gasteiger partial charge in [-0.2, -0.15) is 8.75 Å². The summed E-state index contributed by atoms with van der Waals surface area (Å²) >= 11 is 10.5. The van der Waals surface area contributed by atoms with E-state index in [1.54, 1.807) is 0 Å². The number of nitrogens with zero attached hydrogens (tertiary/aromatic N) is 3. The maximum absolute atomic E-state index is 13.3. The summed E-state index contributed by atoms with van der Waals surface area (Å²) < 4.78 is 45.5. The number of nitrogens with one attached hydrogen (secondary N) is 1. The van der Waals surface area contributed by atoms with Gasteiger partial charge in [0, 0.05) is 23.0 Å². The molecule has 12 heteroatoms. The second kappa shape index (κ2) is 11.2. The number of anilines is 2. The number of rotatable bonds is 8. The predicted octanol–water partition coefficient (Wildman–Crippen LogP) is 5.78. The summed E-state index contributed by atoms with van der Waals surface area (Å²) in [6.07, 6.45) is 0.367. The molecule has 1 aromatic heterocycles. The number of carbonyl (C=O) groups is 1. The van der Waals surface area contributed by atoms with E-state index in [0.29, 0.717) is 17.7 Å². The van der Waals surface area contributed by atoms with Crippen LogP contribution in [0.5, 0.6) is 0 Å². The first-order chi connectivity index (χ1) is 16.8. The van der Waals surface area contributed by atoms with Gasteiger partial charge in [0.05, 0.1) is 23.0 Å². The SMILES string of the molecule is O=C(NCc1ccc(F)cc1Cl)c1ccc(Cl)cc1N(c1nsnc1Cc1ccccc1)S(=O)O. The fourth-order valence-electron chi connectivity index (χ4n) is 3.33. The van der Waals surface area contributed by atoms with E-state index in [1.807, 2.05) is 30.3 Å². The van der Waals surface area contributed by atoms with Crippen LogP contribution in [-0.4, -0.2) is 23.4 Å². The monoisotopic (exact) mass is 550 g/mol. The van der Waals surface area contributed by atoms with Crippen LogP contribution in [0.3, 0.4) is 0 Å². The van der Waals surface area contributed by atoms with Crippen LogP contribution >= 0.6 is 34.9 Å². The van der Waals surface area contributed by atoms with E-state index in [2.05, 4.69) is 14.1 Å². The Labute approximate surface area is 217 Å². The fraction of sp³-hybridized carbons (Fsp3) is 0.0870. The Morgan fingerprint density at radius 1 is 1.09 bits per heavy atom. The van der Waals surface area contributed by atoms with Crippen LogP contribution in [-0.2, 0) is 24.2 Å². The number of carbonyl (C=O) groups excluding carboxylic acids is 1. The molecule has 0 bridgehead atoms. The third-order valence-corrected chi connectivity index (χ3v) is 6.80. The smallest absolute Gasteiger partial charge is 0.268 e. The zero-order chi connectivity index (χ0) is 24.9. The lowest BCUT2D eigenvalue weighted by Gasteiger charge is -2.21. The van der Waals surface area contributed by atoms with Crippen molar-refractivity contribution >= 4 is 63.6 Å². The molecule has 0 aliphatic rings. The van der Waals surface area contributed by atoms with Crippen LogP contribution in [0, 0.1) is 5.82 Å². The van der Waals surface area contributed by atoms with E-state index in [4.69, 9.17) is 23.2 Å². The summed E-state index contributed by atoms with van der Waals surface area (Å²) in [4.78, 5) is 13.1. The molecular formula is C23H17Cl2FN4O3S2. The minimum Gasteiger partial charge on any atom is -0.348 e. The molecule has 7 nitrogen and oxygen atoms in total. The molecule has 0 radical (unpaired) electrons. The van der Waals surface area contributed by atoms with Gasteiger partial charge in [0.1, 0.15) is 11.5 Å². The number of benzene rings is 3. The van der Waals surface area contributed by atoms with Crippen molar-refractivity contribution in [3.05, 3.63) is 105 Å². The molecule has 0 aliphatic carbocycles. The first kappa shape index (κ1) is 25.2. The first-order valence-electron chi connectivity index (χ1n) is 10.1. The van der Waals surface area contributed by atoms with Crippen molar-refractivity contribution in [2.24, 2.45) is 0 Å². The lowest BCUT2D eigenvalue weighted by molar-refractivity contribution is 0.0951. The lowest BCUT2D eigenvalue weighted by atomic mass is 10.1. The third kappa shape index (κ3) is 6.03. The number of amides is 1. The zero-order valence-electron chi connectivity index (χ0n) is 17.8. The van der Waals surface area contributed by atoms with Gasteiger partial charge in [0.2, 0.25) is 0 Å². The van der Waals surface area contributed by atoms with Crippen LogP contribution in [0.25, 0.3) is 0 Å². The van der Waals surface area contributed by atoms with Crippen LogP contribution in [0.15, 0.2) is 66.7 Å². The molecule has 3 aromatic carbocycles. The Kier molecular flexibility index (Phi) is 8.09. The van der Waals surface area contributed by atoms with Crippen molar-refractivity contribution in [1.82, 2.24) is 14.1 Å². The van der Waals surface area contributed by atoms with Crippen LogP contribution in [0.1, 0.15) is 27.2 Å². The molecule has 2 N–H and O–H groups in total. The molecular weight excluding hydrogens is 534 g/mol. The Bertz CT molecular complexity index is 1390. The summed E-state index contributed by atoms with van der Waals surface area (Å²) in [6.45, 7) is 0.0136. The first-order valence-corrected chi connectivity index (χ1v) is 12.7. The Morgan fingerprint density at radius 3 is 2.57 bits per heavy atom. The van der Waals surface area contributed by atoms with E-state index in [9.17, 15) is 17.9 Å². The number of hydrogen-bond acceptors (Lipinski definition) is 5. The van der Waals surface area contributed by atoms with Gasteiger partial charge < -0.3 is 5.32 Å². The minimum atomic E-state index is -2.60. The lowest BCUT2D eigenvalue weighted by Crippen LogP contribution is -2.28. The van der Waals surface area contributed by atoms with Gasteiger partial charge in [0.25, 0.3) is 17.2 Å². The summed E-state index contributed by atoms with van der Waals surface area (Å²) in [7, 11) is 0. The standard InChI is InChI=1S/C23H17Cl2FN4O3S2/c24-16-7-9-18(23(31)27-13-15-6-8-17(26)12-19(15)25)21(11-16)30(35(32)33)22-20(28-34-29-22)10-14-4-2-1-3-5-14/h1-9,11-12H,10,13H2,(H,27,31)(H,32,33). The van der Waals surface area contributed by atoms with Gasteiger partial charge >= 0.3 is 0 Å². The second-order valence-corrected chi connectivity index (χ2v) is 9.50. The zero-order valence-corrected chi connectivity index (χ0v) is 21.0. The molecule has 0 fully saturated rings. The highest BCUT2D eigenvalue weighted by Crippen LogP contribution is 2.34. The van der Waals surface area contributed by atoms with E-state index in [-0.39, 0.29) is 33.7 Å². The molecule has 4 rings (SSSR count). The average molecular weight is 551 g/mol. The molecule has 0 aliphatic heterocycles. The van der Waals surface area contributed by atoms with Crippen molar-refractivity contribution < 1.29 is 17.9 Å². The highest BCUT2D eigenvalue weighted by atomic mass is 35.5. The van der Waals surface area contributed by atoms with Crippen molar-refractivity contribution in [2.45, 2.75) is 13.0 Å². The highest BCUT2D eigenvalue weighted by molar-refractivity contribution is 7.81. The predicted molar refractivity (Wildman–Crippen MR) is 136 cm³/mol. The van der Waals surface area contributed by atoms with E-state index >= 15 is 0 Å². The summed E-state index contributed by atoms with van der Waals surface area (Å²) in [5.41, 5.74) is 2.06. The second-order valence-electron chi connectivity index (χ2n) is 7.30. The minimum absolute atomic E-state index is 0.0136. The van der Waals surface area contributed by atoms with E-state index < -0.39 is 23.0 Å².